The van der Waals surface area contributed by atoms with Gasteiger partial charge in [-0.2, -0.15) is 0 Å². The Balaban J connectivity index is 1.82. The van der Waals surface area contributed by atoms with E-state index in [1.807, 2.05) is 7.05 Å². The SMILES string of the molecule is CNCCCC(=O)CCC1(C)CC(COC(=O)OC(=O)CCC2(C)CC(CC(C)=O)CC(C)(C)C2)CC(C)(C)C1. The van der Waals surface area contributed by atoms with Crippen LogP contribution in [0.5, 0.6) is 0 Å². The van der Waals surface area contributed by atoms with Crippen molar-refractivity contribution in [2.24, 2.45) is 33.5 Å². The van der Waals surface area contributed by atoms with Gasteiger partial charge in [0.05, 0.1) is 6.61 Å². The van der Waals surface area contributed by atoms with Crippen LogP contribution in [0.4, 0.5) is 4.79 Å². The first-order valence-corrected chi connectivity index (χ1v) is 15.5. The zero-order valence-corrected chi connectivity index (χ0v) is 26.7. The highest BCUT2D eigenvalue weighted by Crippen LogP contribution is 2.52. The fraction of sp³-hybridized carbons (Fsp3) is 0.879. The molecule has 4 atom stereocenters. The second-order valence-corrected chi connectivity index (χ2v) is 15.5. The van der Waals surface area contributed by atoms with Crippen LogP contribution in [-0.4, -0.2) is 43.9 Å². The Morgan fingerprint density at radius 3 is 1.90 bits per heavy atom. The summed E-state index contributed by atoms with van der Waals surface area (Å²) in [5, 5.41) is 3.09. The van der Waals surface area contributed by atoms with Crippen LogP contribution in [0.1, 0.15) is 132 Å². The molecule has 2 saturated carbocycles. The molecule has 0 aliphatic heterocycles. The molecule has 7 heteroatoms. The molecule has 2 aliphatic carbocycles. The number of Topliss-reactive ketones (excluding diaryl/α,β-unsaturated/α-hetero) is 2. The van der Waals surface area contributed by atoms with E-state index in [0.29, 0.717) is 37.4 Å². The molecule has 0 spiro atoms. The van der Waals surface area contributed by atoms with Crippen molar-refractivity contribution in [3.05, 3.63) is 0 Å². The maximum atomic E-state index is 12.5. The summed E-state index contributed by atoms with van der Waals surface area (Å²) in [6, 6.07) is 0. The van der Waals surface area contributed by atoms with Crippen LogP contribution < -0.4 is 5.32 Å². The zero-order valence-electron chi connectivity index (χ0n) is 26.7. The second kappa shape index (κ2) is 14.4. The van der Waals surface area contributed by atoms with E-state index in [1.54, 1.807) is 6.92 Å². The Kier molecular flexibility index (Phi) is 12.4. The van der Waals surface area contributed by atoms with Crippen molar-refractivity contribution < 1.29 is 28.7 Å². The lowest BCUT2D eigenvalue weighted by Gasteiger charge is -2.47. The standard InChI is InChI=1S/C33H57NO6/c1-24(35)16-25-17-30(2,3)22-33(7,19-25)14-12-28(37)40-29(38)39-21-26-18-31(4,5)23-32(6,20-26)13-11-27(36)10-9-15-34-8/h25-26,34H,9-23H2,1-8H3. The molecule has 0 aromatic heterocycles. The van der Waals surface area contributed by atoms with Crippen LogP contribution in [0.25, 0.3) is 0 Å². The lowest BCUT2D eigenvalue weighted by atomic mass is 9.58. The van der Waals surface area contributed by atoms with E-state index in [1.165, 1.54) is 0 Å². The van der Waals surface area contributed by atoms with Gasteiger partial charge in [-0.3, -0.25) is 9.59 Å². The van der Waals surface area contributed by atoms with Crippen molar-refractivity contribution >= 4 is 23.7 Å². The number of nitrogens with one attached hydrogen (secondary N) is 1. The maximum Gasteiger partial charge on any atom is 0.516 e. The molecule has 0 aromatic carbocycles. The Morgan fingerprint density at radius 1 is 0.775 bits per heavy atom. The first-order valence-electron chi connectivity index (χ1n) is 15.5. The fourth-order valence-corrected chi connectivity index (χ4v) is 8.54. The lowest BCUT2D eigenvalue weighted by Crippen LogP contribution is -2.38. The molecule has 0 bridgehead atoms. The number of rotatable bonds is 14. The monoisotopic (exact) mass is 563 g/mol. The minimum atomic E-state index is -0.918. The minimum Gasteiger partial charge on any atom is -0.434 e. The highest BCUT2D eigenvalue weighted by molar-refractivity contribution is 5.81. The largest absolute Gasteiger partial charge is 0.516 e. The highest BCUT2D eigenvalue weighted by Gasteiger charge is 2.43. The fourth-order valence-electron chi connectivity index (χ4n) is 8.54. The molecule has 230 valence electrons. The third kappa shape index (κ3) is 12.4. The topological polar surface area (TPSA) is 98.8 Å². The van der Waals surface area contributed by atoms with E-state index < -0.39 is 12.1 Å². The molecule has 7 nitrogen and oxygen atoms in total. The molecule has 0 amide bonds. The van der Waals surface area contributed by atoms with E-state index >= 15 is 0 Å². The first kappa shape index (κ1) is 34.4. The molecule has 0 heterocycles. The summed E-state index contributed by atoms with van der Waals surface area (Å²) >= 11 is 0. The molecule has 2 rings (SSSR count). The number of esters is 1. The third-order valence-corrected chi connectivity index (χ3v) is 9.09. The average molecular weight is 564 g/mol. The molecular weight excluding hydrogens is 506 g/mol. The summed E-state index contributed by atoms with van der Waals surface area (Å²) in [4.78, 5) is 49.1. The Labute approximate surface area is 243 Å². The number of hydrogen-bond donors (Lipinski definition) is 1. The normalized spacial score (nSPS) is 29.4. The lowest BCUT2D eigenvalue weighted by molar-refractivity contribution is -0.141. The van der Waals surface area contributed by atoms with Crippen LogP contribution in [0, 0.1) is 33.5 Å². The molecule has 0 aromatic rings. The summed E-state index contributed by atoms with van der Waals surface area (Å²) in [6.07, 6.45) is 9.11. The van der Waals surface area contributed by atoms with E-state index in [0.717, 1.165) is 57.9 Å². The summed E-state index contributed by atoms with van der Waals surface area (Å²) in [7, 11) is 1.90. The molecular formula is C33H57NO6. The summed E-state index contributed by atoms with van der Waals surface area (Å²) < 4.78 is 10.5. The van der Waals surface area contributed by atoms with Crippen molar-refractivity contribution in [1.29, 1.82) is 0 Å². The zero-order chi connectivity index (χ0) is 30.2. The number of hydrogen-bond acceptors (Lipinski definition) is 7. The van der Waals surface area contributed by atoms with Gasteiger partial charge in [0.2, 0.25) is 0 Å². The number of ether oxygens (including phenoxy) is 2. The van der Waals surface area contributed by atoms with Crippen LogP contribution in [-0.2, 0) is 23.9 Å². The number of ketones is 2. The summed E-state index contributed by atoms with van der Waals surface area (Å²) in [6.45, 7) is 16.1. The second-order valence-electron chi connectivity index (χ2n) is 15.5. The molecule has 4 unspecified atom stereocenters. The van der Waals surface area contributed by atoms with Crippen molar-refractivity contribution in [3.8, 4) is 0 Å². The van der Waals surface area contributed by atoms with Gasteiger partial charge in [-0.05, 0) is 112 Å². The Hall–Kier alpha value is -1.76. The van der Waals surface area contributed by atoms with Crippen molar-refractivity contribution in [3.63, 3.8) is 0 Å². The van der Waals surface area contributed by atoms with Gasteiger partial charge < -0.3 is 19.6 Å². The van der Waals surface area contributed by atoms with Gasteiger partial charge in [-0.1, -0.05) is 41.5 Å². The summed E-state index contributed by atoms with van der Waals surface area (Å²) in [5.74, 6) is 0.465. The molecule has 0 saturated heterocycles. The molecule has 2 aliphatic rings. The van der Waals surface area contributed by atoms with Gasteiger partial charge in [-0.25, -0.2) is 4.79 Å². The molecule has 1 N–H and O–H groups in total. The first-order chi connectivity index (χ1) is 18.4. The quantitative estimate of drug-likeness (QED) is 0.133. The van der Waals surface area contributed by atoms with Crippen LogP contribution >= 0.6 is 0 Å². The van der Waals surface area contributed by atoms with Crippen LogP contribution in [0.2, 0.25) is 0 Å². The average Bonchev–Trinajstić information content (AvgIpc) is 2.77. The number of carbonyl (C=O) groups excluding carboxylic acids is 4. The molecule has 2 fully saturated rings. The smallest absolute Gasteiger partial charge is 0.434 e. The van der Waals surface area contributed by atoms with Crippen molar-refractivity contribution in [2.75, 3.05) is 20.2 Å². The molecule has 0 radical (unpaired) electrons. The van der Waals surface area contributed by atoms with Gasteiger partial charge in [-0.15, -0.1) is 0 Å². The van der Waals surface area contributed by atoms with E-state index in [9.17, 15) is 19.2 Å². The van der Waals surface area contributed by atoms with Gasteiger partial charge in [0.25, 0.3) is 0 Å². The van der Waals surface area contributed by atoms with Crippen molar-refractivity contribution in [2.45, 2.75) is 132 Å². The van der Waals surface area contributed by atoms with Crippen molar-refractivity contribution in [1.82, 2.24) is 5.32 Å². The predicted molar refractivity (Wildman–Crippen MR) is 158 cm³/mol. The van der Waals surface area contributed by atoms with Crippen LogP contribution in [0.15, 0.2) is 0 Å². The van der Waals surface area contributed by atoms with E-state index in [4.69, 9.17) is 9.47 Å². The van der Waals surface area contributed by atoms with Gasteiger partial charge in [0.15, 0.2) is 0 Å². The number of carbonyl (C=O) groups is 4. The van der Waals surface area contributed by atoms with Gasteiger partial charge in [0, 0.05) is 25.7 Å². The third-order valence-electron chi connectivity index (χ3n) is 9.09. The maximum absolute atomic E-state index is 12.5. The minimum absolute atomic E-state index is 0.0115. The molecule has 40 heavy (non-hydrogen) atoms. The Morgan fingerprint density at radius 2 is 1.32 bits per heavy atom. The predicted octanol–water partition coefficient (Wildman–Crippen LogP) is 7.44. The van der Waals surface area contributed by atoms with E-state index in [2.05, 4.69) is 46.9 Å². The van der Waals surface area contributed by atoms with Crippen LogP contribution in [0.3, 0.4) is 0 Å². The van der Waals surface area contributed by atoms with Gasteiger partial charge >= 0.3 is 12.1 Å². The van der Waals surface area contributed by atoms with E-state index in [-0.39, 0.29) is 46.4 Å². The Bertz CT molecular complexity index is 895. The van der Waals surface area contributed by atoms with Gasteiger partial charge in [0.1, 0.15) is 11.6 Å². The summed E-state index contributed by atoms with van der Waals surface area (Å²) in [5.41, 5.74) is 0.131. The highest BCUT2D eigenvalue weighted by atomic mass is 16.7.